The lowest BCUT2D eigenvalue weighted by atomic mass is 9.97. The van der Waals surface area contributed by atoms with Gasteiger partial charge in [0.1, 0.15) is 16.5 Å². The molecule has 272 valence electrons. The number of ether oxygens (including phenoxy) is 2. The molecular formula is C41H39ClN4O6S. The van der Waals surface area contributed by atoms with E-state index in [0.29, 0.717) is 62.3 Å². The molecule has 0 bridgehead atoms. The zero-order valence-corrected chi connectivity index (χ0v) is 30.5. The predicted molar refractivity (Wildman–Crippen MR) is 206 cm³/mol. The van der Waals surface area contributed by atoms with Crippen molar-refractivity contribution in [3.05, 3.63) is 154 Å². The maximum atomic E-state index is 13.6. The van der Waals surface area contributed by atoms with Gasteiger partial charge in [0.05, 0.1) is 36.9 Å². The Morgan fingerprint density at radius 3 is 2.19 bits per heavy atom. The first-order valence-corrected chi connectivity index (χ1v) is 19.3. The molecule has 1 aliphatic heterocycles. The first kappa shape index (κ1) is 36.2. The second-order valence-corrected chi connectivity index (χ2v) is 14.9. The van der Waals surface area contributed by atoms with Crippen LogP contribution in [0.25, 0.3) is 10.9 Å². The Morgan fingerprint density at radius 2 is 1.57 bits per heavy atom. The molecule has 3 heterocycles. The van der Waals surface area contributed by atoms with Crippen LogP contribution >= 0.6 is 11.6 Å². The number of rotatable bonds is 14. The van der Waals surface area contributed by atoms with E-state index in [1.54, 1.807) is 24.3 Å². The van der Waals surface area contributed by atoms with Gasteiger partial charge in [-0.1, -0.05) is 78.3 Å². The van der Waals surface area contributed by atoms with Gasteiger partial charge in [0.15, 0.2) is 0 Å². The van der Waals surface area contributed by atoms with Crippen LogP contribution < -0.4 is 14.4 Å². The molecular weight excluding hydrogens is 712 g/mol. The lowest BCUT2D eigenvalue weighted by Crippen LogP contribution is -2.36. The Balaban J connectivity index is 1.24. The van der Waals surface area contributed by atoms with Crippen molar-refractivity contribution in [2.45, 2.75) is 23.8 Å². The van der Waals surface area contributed by atoms with E-state index in [1.807, 2.05) is 54.6 Å². The quantitative estimate of drug-likeness (QED) is 0.122. The summed E-state index contributed by atoms with van der Waals surface area (Å²) >= 11 is 6.67. The number of hydrogen-bond donors (Lipinski definition) is 2. The highest BCUT2D eigenvalue weighted by Gasteiger charge is 2.26. The van der Waals surface area contributed by atoms with E-state index in [1.165, 1.54) is 18.3 Å². The number of aromatic carboxylic acids is 1. The maximum absolute atomic E-state index is 13.6. The summed E-state index contributed by atoms with van der Waals surface area (Å²) in [6.07, 6.45) is 2.26. The normalized spacial score (nSPS) is 13.4. The molecule has 10 nitrogen and oxygen atoms in total. The number of morpholine rings is 1. The number of benzene rings is 4. The molecule has 1 fully saturated rings. The number of carboxylic acid groups (broad SMARTS) is 1. The summed E-state index contributed by atoms with van der Waals surface area (Å²) in [5.74, 6) is 0.264. The highest BCUT2D eigenvalue weighted by atomic mass is 35.5. The van der Waals surface area contributed by atoms with E-state index < -0.39 is 16.0 Å². The molecule has 2 N–H and O–H groups in total. The monoisotopic (exact) mass is 750 g/mol. The van der Waals surface area contributed by atoms with Crippen LogP contribution in [0.1, 0.15) is 38.8 Å². The van der Waals surface area contributed by atoms with E-state index in [9.17, 15) is 18.3 Å². The van der Waals surface area contributed by atoms with Gasteiger partial charge in [0, 0.05) is 54.8 Å². The summed E-state index contributed by atoms with van der Waals surface area (Å²) in [5.41, 5.74) is 5.16. The summed E-state index contributed by atoms with van der Waals surface area (Å²) in [6, 6.07) is 35.6. The number of aromatic nitrogens is 2. The first-order chi connectivity index (χ1) is 25.8. The number of fused-ring (bicyclic) bond motifs is 1. The van der Waals surface area contributed by atoms with E-state index in [0.717, 1.165) is 33.3 Å². The highest BCUT2D eigenvalue weighted by molar-refractivity contribution is 7.89. The topological polar surface area (TPSA) is 123 Å². The van der Waals surface area contributed by atoms with Crippen LogP contribution in [0.2, 0.25) is 5.02 Å². The van der Waals surface area contributed by atoms with Crippen LogP contribution in [-0.2, 0) is 27.6 Å². The summed E-state index contributed by atoms with van der Waals surface area (Å²) in [5, 5.41) is 10.9. The molecule has 4 aromatic carbocycles. The second kappa shape index (κ2) is 16.2. The smallest absolute Gasteiger partial charge is 0.335 e. The second-order valence-electron chi connectivity index (χ2n) is 12.7. The molecule has 7 rings (SSSR count). The number of hydrogen-bond acceptors (Lipinski definition) is 7. The number of carboxylic acids is 1. The summed E-state index contributed by atoms with van der Waals surface area (Å²) < 4.78 is 43.9. The number of nitrogens with one attached hydrogen (secondary N) is 1. The Hall–Kier alpha value is -5.20. The minimum absolute atomic E-state index is 0.0934. The third-order valence-corrected chi connectivity index (χ3v) is 11.1. The summed E-state index contributed by atoms with van der Waals surface area (Å²) in [6.45, 7) is 3.04. The summed E-state index contributed by atoms with van der Waals surface area (Å²) in [7, 11) is -3.88. The maximum Gasteiger partial charge on any atom is 0.335 e. The molecule has 53 heavy (non-hydrogen) atoms. The molecule has 1 saturated heterocycles. The molecule has 2 aromatic heterocycles. The van der Waals surface area contributed by atoms with Crippen molar-refractivity contribution in [1.29, 1.82) is 0 Å². The van der Waals surface area contributed by atoms with Gasteiger partial charge >= 0.3 is 5.97 Å². The van der Waals surface area contributed by atoms with Gasteiger partial charge < -0.3 is 24.0 Å². The van der Waals surface area contributed by atoms with Crippen molar-refractivity contribution in [2.75, 3.05) is 44.4 Å². The molecule has 0 aliphatic carbocycles. The fourth-order valence-electron chi connectivity index (χ4n) is 6.87. The number of pyridine rings is 1. The number of nitrogens with zero attached hydrogens (tertiary/aromatic N) is 3. The minimum Gasteiger partial charge on any atom is -0.493 e. The highest BCUT2D eigenvalue weighted by Crippen LogP contribution is 2.38. The molecule has 0 saturated carbocycles. The molecule has 0 amide bonds. The van der Waals surface area contributed by atoms with E-state index in [-0.39, 0.29) is 23.0 Å². The lowest BCUT2D eigenvalue weighted by molar-refractivity contribution is 0.0696. The molecule has 0 radical (unpaired) electrons. The zero-order valence-electron chi connectivity index (χ0n) is 28.9. The fraction of sp³-hybridized carbons (Fsp3) is 0.220. The lowest BCUT2D eigenvalue weighted by Gasteiger charge is -2.27. The van der Waals surface area contributed by atoms with Gasteiger partial charge in [-0.3, -0.25) is 0 Å². The first-order valence-electron chi connectivity index (χ1n) is 17.4. The number of anilines is 1. The summed E-state index contributed by atoms with van der Waals surface area (Å²) in [4.78, 5) is 18.0. The Labute approximate surface area is 313 Å². The van der Waals surface area contributed by atoms with Crippen LogP contribution in [0.3, 0.4) is 0 Å². The fourth-order valence-corrected chi connectivity index (χ4v) is 8.02. The standard InChI is InChI=1S/C41H39ClN4O6S/c42-32-13-17-35-36(20-24-52-33-14-11-31(12-15-33)41(47)48)37(19-21-44-53(49,50)34-16-18-39(43-28-34)45-22-25-51-26-23-45)46(38(35)27-32)40(29-7-3-1-4-8-29)30-9-5-2-6-10-30/h1-18,27-28,40,44H,19-26H2,(H,47,48). The largest absolute Gasteiger partial charge is 0.493 e. The zero-order chi connectivity index (χ0) is 36.8. The van der Waals surface area contributed by atoms with Crippen LogP contribution in [0, 0.1) is 0 Å². The van der Waals surface area contributed by atoms with E-state index >= 15 is 0 Å². The molecule has 0 spiro atoms. The molecule has 6 aromatic rings. The number of halogens is 1. The van der Waals surface area contributed by atoms with Gasteiger partial charge in [0.2, 0.25) is 10.0 Å². The van der Waals surface area contributed by atoms with Crippen LogP contribution in [-0.4, -0.2) is 68.5 Å². The van der Waals surface area contributed by atoms with E-state index in [2.05, 4.69) is 43.4 Å². The third kappa shape index (κ3) is 8.23. The molecule has 12 heteroatoms. The molecule has 0 atom stereocenters. The van der Waals surface area contributed by atoms with Crippen molar-refractivity contribution in [3.63, 3.8) is 0 Å². The predicted octanol–water partition coefficient (Wildman–Crippen LogP) is 7.00. The Morgan fingerprint density at radius 1 is 0.887 bits per heavy atom. The van der Waals surface area contributed by atoms with Crippen LogP contribution in [0.4, 0.5) is 5.82 Å². The van der Waals surface area contributed by atoms with Gasteiger partial charge in [-0.2, -0.15) is 0 Å². The average molecular weight is 751 g/mol. The van der Waals surface area contributed by atoms with Crippen LogP contribution in [0.5, 0.6) is 5.75 Å². The molecule has 0 unspecified atom stereocenters. The third-order valence-electron chi connectivity index (χ3n) is 9.41. The Kier molecular flexibility index (Phi) is 11.1. The van der Waals surface area contributed by atoms with Gasteiger partial charge in [0.25, 0.3) is 0 Å². The van der Waals surface area contributed by atoms with Crippen molar-refractivity contribution < 1.29 is 27.8 Å². The van der Waals surface area contributed by atoms with Crippen molar-refractivity contribution >= 4 is 44.3 Å². The van der Waals surface area contributed by atoms with Crippen LogP contribution in [0.15, 0.2) is 126 Å². The minimum atomic E-state index is -3.88. The van der Waals surface area contributed by atoms with Gasteiger partial charge in [-0.15, -0.1) is 0 Å². The average Bonchev–Trinajstić information content (AvgIpc) is 3.47. The van der Waals surface area contributed by atoms with Crippen molar-refractivity contribution in [2.24, 2.45) is 0 Å². The van der Waals surface area contributed by atoms with Gasteiger partial charge in [-0.05, 0) is 65.2 Å². The van der Waals surface area contributed by atoms with Gasteiger partial charge in [-0.25, -0.2) is 22.9 Å². The van der Waals surface area contributed by atoms with Crippen molar-refractivity contribution in [3.8, 4) is 5.75 Å². The van der Waals surface area contributed by atoms with Crippen molar-refractivity contribution in [1.82, 2.24) is 14.3 Å². The Bertz CT molecular complexity index is 2240. The number of sulfonamides is 1. The molecule has 1 aliphatic rings. The van der Waals surface area contributed by atoms with E-state index in [4.69, 9.17) is 21.1 Å². The SMILES string of the molecule is O=C(O)c1ccc(OCCc2c(CCNS(=O)(=O)c3ccc(N4CCOCC4)nc3)n(C(c3ccccc3)c3ccccc3)c3cc(Cl)ccc23)cc1. The number of carbonyl (C=O) groups is 1.